The fourth-order valence-electron chi connectivity index (χ4n) is 2.80. The first-order valence-corrected chi connectivity index (χ1v) is 7.73. The molecule has 1 aliphatic rings. The quantitative estimate of drug-likeness (QED) is 0.593. The summed E-state index contributed by atoms with van der Waals surface area (Å²) in [6.07, 6.45) is 0.110. The number of nitrogens with zero attached hydrogens (tertiary/aromatic N) is 1. The summed E-state index contributed by atoms with van der Waals surface area (Å²) in [5, 5.41) is 2.43. The van der Waals surface area contributed by atoms with Crippen LogP contribution in [0.2, 0.25) is 0 Å². The van der Waals surface area contributed by atoms with E-state index < -0.39 is 41.9 Å². The highest BCUT2D eigenvalue weighted by Gasteiger charge is 2.49. The number of amides is 3. The van der Waals surface area contributed by atoms with E-state index in [1.807, 2.05) is 6.07 Å². The molecule has 1 aromatic carbocycles. The Balaban J connectivity index is 2.43. The lowest BCUT2D eigenvalue weighted by Crippen LogP contribution is -2.53. The number of benzene rings is 1. The number of nitrogens with one attached hydrogen (secondary N) is 1. The molecule has 0 spiro atoms. The summed E-state index contributed by atoms with van der Waals surface area (Å²) in [5.41, 5.74) is 0.756. The molecular formula is C17H20N2O6. The van der Waals surface area contributed by atoms with Crippen molar-refractivity contribution in [3.8, 4) is 0 Å². The predicted octanol–water partition coefficient (Wildman–Crippen LogP) is 0.500. The van der Waals surface area contributed by atoms with E-state index in [0.29, 0.717) is 0 Å². The SMILES string of the molecule is COC(=O)[C@H]([C@@H](Cc1ccccc1)C(=O)OC)N1C(=O)N[C@@H](C)C1=O. The summed E-state index contributed by atoms with van der Waals surface area (Å²) in [6, 6.07) is 6.00. The van der Waals surface area contributed by atoms with Crippen molar-refractivity contribution < 1.29 is 28.7 Å². The molecule has 8 nitrogen and oxygen atoms in total. The van der Waals surface area contributed by atoms with E-state index in [1.165, 1.54) is 14.0 Å². The molecule has 1 aliphatic heterocycles. The Bertz CT molecular complexity index is 675. The molecule has 0 aliphatic carbocycles. The third-order valence-electron chi connectivity index (χ3n) is 4.07. The number of hydrogen-bond acceptors (Lipinski definition) is 6. The number of esters is 2. The van der Waals surface area contributed by atoms with E-state index in [1.54, 1.807) is 24.3 Å². The van der Waals surface area contributed by atoms with Crippen LogP contribution in [0, 0.1) is 5.92 Å². The van der Waals surface area contributed by atoms with Gasteiger partial charge in [-0.05, 0) is 18.9 Å². The Hall–Kier alpha value is -2.90. The fourth-order valence-corrected chi connectivity index (χ4v) is 2.80. The first kappa shape index (κ1) is 18.4. The van der Waals surface area contributed by atoms with Gasteiger partial charge in [0.1, 0.15) is 6.04 Å². The van der Waals surface area contributed by atoms with Crippen molar-refractivity contribution in [3.63, 3.8) is 0 Å². The lowest BCUT2D eigenvalue weighted by atomic mass is 9.91. The van der Waals surface area contributed by atoms with Gasteiger partial charge in [-0.2, -0.15) is 0 Å². The third-order valence-corrected chi connectivity index (χ3v) is 4.07. The van der Waals surface area contributed by atoms with Crippen LogP contribution in [-0.2, 0) is 30.3 Å². The molecular weight excluding hydrogens is 328 g/mol. The molecule has 0 saturated carbocycles. The second-order valence-corrected chi connectivity index (χ2v) is 5.67. The Morgan fingerprint density at radius 2 is 1.72 bits per heavy atom. The van der Waals surface area contributed by atoms with Gasteiger partial charge in [0.15, 0.2) is 6.04 Å². The summed E-state index contributed by atoms with van der Waals surface area (Å²) >= 11 is 0. The minimum Gasteiger partial charge on any atom is -0.469 e. The molecule has 25 heavy (non-hydrogen) atoms. The van der Waals surface area contributed by atoms with Crippen molar-refractivity contribution in [1.29, 1.82) is 0 Å². The molecule has 8 heteroatoms. The number of methoxy groups -OCH3 is 2. The van der Waals surface area contributed by atoms with Crippen molar-refractivity contribution in [1.82, 2.24) is 10.2 Å². The number of rotatable bonds is 6. The summed E-state index contributed by atoms with van der Waals surface area (Å²) in [4.78, 5) is 49.9. The van der Waals surface area contributed by atoms with E-state index in [0.717, 1.165) is 17.6 Å². The van der Waals surface area contributed by atoms with Crippen molar-refractivity contribution in [2.75, 3.05) is 14.2 Å². The van der Waals surface area contributed by atoms with Crippen LogP contribution in [0.15, 0.2) is 30.3 Å². The zero-order chi connectivity index (χ0) is 18.6. The molecule has 1 fully saturated rings. The van der Waals surface area contributed by atoms with Crippen molar-refractivity contribution in [2.45, 2.75) is 25.4 Å². The van der Waals surface area contributed by atoms with E-state index in [4.69, 9.17) is 9.47 Å². The van der Waals surface area contributed by atoms with Crippen molar-refractivity contribution in [2.24, 2.45) is 5.92 Å². The van der Waals surface area contributed by atoms with E-state index >= 15 is 0 Å². The molecule has 2 rings (SSSR count). The molecule has 0 radical (unpaired) electrons. The zero-order valence-corrected chi connectivity index (χ0v) is 14.2. The normalized spacial score (nSPS) is 19.2. The van der Waals surface area contributed by atoms with Crippen LogP contribution in [-0.4, -0.2) is 55.1 Å². The molecule has 0 bridgehead atoms. The maximum atomic E-state index is 12.3. The first-order chi connectivity index (χ1) is 11.9. The Morgan fingerprint density at radius 1 is 1.12 bits per heavy atom. The van der Waals surface area contributed by atoms with E-state index in [-0.39, 0.29) is 6.42 Å². The molecule has 0 unspecified atom stereocenters. The van der Waals surface area contributed by atoms with Crippen molar-refractivity contribution in [3.05, 3.63) is 35.9 Å². The van der Waals surface area contributed by atoms with Gasteiger partial charge in [0, 0.05) is 0 Å². The van der Waals surface area contributed by atoms with Gasteiger partial charge in [0.2, 0.25) is 0 Å². The monoisotopic (exact) mass is 348 g/mol. The van der Waals surface area contributed by atoms with Crippen LogP contribution in [0.25, 0.3) is 0 Å². The first-order valence-electron chi connectivity index (χ1n) is 7.73. The standard InChI is InChI=1S/C17H20N2O6/c1-10-14(20)19(17(23)18-10)13(16(22)25-3)12(15(21)24-2)9-11-7-5-4-6-8-11/h4-8,10,12-13H,9H2,1-3H3,(H,18,23)/t10-,12+,13-/m0/s1. The molecule has 0 aromatic heterocycles. The second-order valence-electron chi connectivity index (χ2n) is 5.67. The zero-order valence-electron chi connectivity index (χ0n) is 14.2. The lowest BCUT2D eigenvalue weighted by Gasteiger charge is -2.29. The number of hydrogen-bond donors (Lipinski definition) is 1. The molecule has 1 aromatic rings. The Labute approximate surface area is 145 Å². The van der Waals surface area contributed by atoms with Gasteiger partial charge in [-0.25, -0.2) is 14.5 Å². The maximum absolute atomic E-state index is 12.3. The van der Waals surface area contributed by atoms with Gasteiger partial charge >= 0.3 is 18.0 Å². The predicted molar refractivity (Wildman–Crippen MR) is 86.3 cm³/mol. The third kappa shape index (κ3) is 3.78. The Kier molecular flexibility index (Phi) is 5.74. The smallest absolute Gasteiger partial charge is 0.330 e. The fraction of sp³-hybridized carbons (Fsp3) is 0.412. The summed E-state index contributed by atoms with van der Waals surface area (Å²) in [6.45, 7) is 1.50. The van der Waals surface area contributed by atoms with Crippen LogP contribution >= 0.6 is 0 Å². The number of carbonyl (C=O) groups is 4. The van der Waals surface area contributed by atoms with Gasteiger partial charge < -0.3 is 14.8 Å². The van der Waals surface area contributed by atoms with E-state index in [2.05, 4.69) is 5.32 Å². The minimum absolute atomic E-state index is 0.110. The van der Waals surface area contributed by atoms with Crippen molar-refractivity contribution >= 4 is 23.9 Å². The summed E-state index contributed by atoms with van der Waals surface area (Å²) < 4.78 is 9.55. The van der Waals surface area contributed by atoms with Crippen LogP contribution in [0.1, 0.15) is 12.5 Å². The van der Waals surface area contributed by atoms with Gasteiger partial charge in [0.25, 0.3) is 5.91 Å². The average Bonchev–Trinajstić information content (AvgIpc) is 2.87. The van der Waals surface area contributed by atoms with Gasteiger partial charge in [-0.3, -0.25) is 9.59 Å². The number of urea groups is 1. The number of imide groups is 1. The minimum atomic E-state index is -1.41. The van der Waals surface area contributed by atoms with E-state index in [9.17, 15) is 19.2 Å². The lowest BCUT2D eigenvalue weighted by molar-refractivity contribution is -0.160. The molecule has 3 atom stereocenters. The average molecular weight is 348 g/mol. The largest absolute Gasteiger partial charge is 0.469 e. The van der Waals surface area contributed by atoms with Crippen LogP contribution in [0.3, 0.4) is 0 Å². The van der Waals surface area contributed by atoms with Crippen LogP contribution in [0.4, 0.5) is 4.79 Å². The number of carbonyl (C=O) groups excluding carboxylic acids is 4. The molecule has 3 amide bonds. The van der Waals surface area contributed by atoms with Crippen LogP contribution < -0.4 is 5.32 Å². The molecule has 134 valence electrons. The topological polar surface area (TPSA) is 102 Å². The van der Waals surface area contributed by atoms with Crippen LogP contribution in [0.5, 0.6) is 0 Å². The number of ether oxygens (including phenoxy) is 2. The van der Waals surface area contributed by atoms with Gasteiger partial charge in [0.05, 0.1) is 20.1 Å². The van der Waals surface area contributed by atoms with Gasteiger partial charge in [-0.1, -0.05) is 30.3 Å². The Morgan fingerprint density at radius 3 is 2.20 bits per heavy atom. The molecule has 1 N–H and O–H groups in total. The van der Waals surface area contributed by atoms with Gasteiger partial charge in [-0.15, -0.1) is 0 Å². The highest BCUT2D eigenvalue weighted by molar-refractivity contribution is 6.07. The molecule has 1 saturated heterocycles. The summed E-state index contributed by atoms with van der Waals surface area (Å²) in [7, 11) is 2.32. The maximum Gasteiger partial charge on any atom is 0.330 e. The summed E-state index contributed by atoms with van der Waals surface area (Å²) in [5.74, 6) is -3.24. The molecule has 1 heterocycles. The second kappa shape index (κ2) is 7.78. The highest BCUT2D eigenvalue weighted by Crippen LogP contribution is 2.23. The highest BCUT2D eigenvalue weighted by atomic mass is 16.5.